The van der Waals surface area contributed by atoms with E-state index in [4.69, 9.17) is 4.74 Å². The Kier molecular flexibility index (Phi) is 4.88. The van der Waals surface area contributed by atoms with Gasteiger partial charge in [0.15, 0.2) is 0 Å². The third-order valence-electron chi connectivity index (χ3n) is 3.52. The Morgan fingerprint density at radius 3 is 2.35 bits per heavy atom. The lowest BCUT2D eigenvalue weighted by Gasteiger charge is -2.10. The number of benzene rings is 1. The summed E-state index contributed by atoms with van der Waals surface area (Å²) in [5.74, 6) is 1.27. The Labute approximate surface area is 149 Å². The van der Waals surface area contributed by atoms with Crippen LogP contribution in [-0.2, 0) is 0 Å². The van der Waals surface area contributed by atoms with Crippen LogP contribution < -0.4 is 15.4 Å². The highest BCUT2D eigenvalue weighted by molar-refractivity contribution is 5.76. The van der Waals surface area contributed by atoms with E-state index in [9.17, 15) is 10.1 Å². The second-order valence-electron chi connectivity index (χ2n) is 5.37. The van der Waals surface area contributed by atoms with E-state index in [0.29, 0.717) is 17.3 Å². The maximum atomic E-state index is 11.6. The van der Waals surface area contributed by atoms with Gasteiger partial charge in [0.2, 0.25) is 11.6 Å². The molecule has 0 atom stereocenters. The molecule has 0 amide bonds. The van der Waals surface area contributed by atoms with E-state index in [1.807, 2.05) is 13.0 Å². The fourth-order valence-electron chi connectivity index (χ4n) is 2.27. The quantitative estimate of drug-likeness (QED) is 0.511. The smallest absolute Gasteiger partial charge is 0.353 e. The topological polar surface area (TPSA) is 115 Å². The van der Waals surface area contributed by atoms with Crippen LogP contribution in [0.5, 0.6) is 5.75 Å². The maximum absolute atomic E-state index is 11.6. The first-order chi connectivity index (χ1) is 12.6. The molecule has 0 radical (unpaired) electrons. The van der Waals surface area contributed by atoms with Crippen molar-refractivity contribution < 1.29 is 9.66 Å². The van der Waals surface area contributed by atoms with E-state index in [0.717, 1.165) is 5.56 Å². The standard InChI is InChI=1S/C17H16N6O3/c1-11-7-8-18-14(9-11)22-17-15(23(24)25)16(19-10-20-17)21-12-3-5-13(26-2)6-4-12/h3-10H,1-2H3,(H2,18,19,20,21,22). The fourth-order valence-corrected chi connectivity index (χ4v) is 2.27. The summed E-state index contributed by atoms with van der Waals surface area (Å²) in [5, 5.41) is 17.4. The number of anilines is 4. The number of nitro groups is 1. The van der Waals surface area contributed by atoms with Gasteiger partial charge < -0.3 is 15.4 Å². The lowest BCUT2D eigenvalue weighted by atomic mass is 10.3. The van der Waals surface area contributed by atoms with Crippen LogP contribution in [0.15, 0.2) is 48.9 Å². The van der Waals surface area contributed by atoms with Gasteiger partial charge in [-0.1, -0.05) is 0 Å². The molecule has 0 aliphatic heterocycles. The molecule has 0 saturated heterocycles. The third-order valence-corrected chi connectivity index (χ3v) is 3.52. The number of rotatable bonds is 6. The van der Waals surface area contributed by atoms with E-state index >= 15 is 0 Å². The zero-order valence-corrected chi connectivity index (χ0v) is 14.1. The van der Waals surface area contributed by atoms with E-state index in [2.05, 4.69) is 25.6 Å². The first-order valence-corrected chi connectivity index (χ1v) is 7.67. The van der Waals surface area contributed by atoms with Gasteiger partial charge in [0.25, 0.3) is 0 Å². The van der Waals surface area contributed by atoms with Crippen LogP contribution in [0.25, 0.3) is 0 Å². The molecule has 0 aliphatic rings. The molecular formula is C17H16N6O3. The van der Waals surface area contributed by atoms with Gasteiger partial charge in [-0.15, -0.1) is 0 Å². The first-order valence-electron chi connectivity index (χ1n) is 7.67. The normalized spacial score (nSPS) is 10.2. The minimum Gasteiger partial charge on any atom is -0.497 e. The molecule has 0 bridgehead atoms. The third kappa shape index (κ3) is 3.83. The van der Waals surface area contributed by atoms with Crippen LogP contribution in [-0.4, -0.2) is 27.0 Å². The second-order valence-corrected chi connectivity index (χ2v) is 5.37. The van der Waals surface area contributed by atoms with Gasteiger partial charge >= 0.3 is 5.69 Å². The van der Waals surface area contributed by atoms with Crippen molar-refractivity contribution in [3.05, 3.63) is 64.6 Å². The SMILES string of the molecule is COc1ccc(Nc2ncnc(Nc3cc(C)ccn3)c2[N+](=O)[O-])cc1. The van der Waals surface area contributed by atoms with Gasteiger partial charge in [0, 0.05) is 11.9 Å². The van der Waals surface area contributed by atoms with E-state index in [1.165, 1.54) is 6.33 Å². The highest BCUT2D eigenvalue weighted by atomic mass is 16.6. The van der Waals surface area contributed by atoms with Crippen LogP contribution >= 0.6 is 0 Å². The van der Waals surface area contributed by atoms with Crippen molar-refractivity contribution in [3.8, 4) is 5.75 Å². The van der Waals surface area contributed by atoms with Gasteiger partial charge in [-0.25, -0.2) is 15.0 Å². The van der Waals surface area contributed by atoms with Crippen LogP contribution in [0.2, 0.25) is 0 Å². The lowest BCUT2D eigenvalue weighted by molar-refractivity contribution is -0.383. The molecule has 26 heavy (non-hydrogen) atoms. The Balaban J connectivity index is 1.93. The summed E-state index contributed by atoms with van der Waals surface area (Å²) in [7, 11) is 1.56. The summed E-state index contributed by atoms with van der Waals surface area (Å²) in [6, 6.07) is 10.6. The van der Waals surface area contributed by atoms with Crippen LogP contribution in [0.1, 0.15) is 5.56 Å². The minimum absolute atomic E-state index is 0.0547. The van der Waals surface area contributed by atoms with Crippen molar-refractivity contribution in [2.45, 2.75) is 6.92 Å². The molecule has 2 aromatic heterocycles. The molecule has 0 fully saturated rings. The number of hydrogen-bond donors (Lipinski definition) is 2. The second kappa shape index (κ2) is 7.43. The number of hydrogen-bond acceptors (Lipinski definition) is 8. The van der Waals surface area contributed by atoms with Gasteiger partial charge in [-0.3, -0.25) is 10.1 Å². The number of nitrogens with one attached hydrogen (secondary N) is 2. The van der Waals surface area contributed by atoms with Crippen LogP contribution in [0.4, 0.5) is 28.8 Å². The molecule has 2 N–H and O–H groups in total. The van der Waals surface area contributed by atoms with Crippen molar-refractivity contribution in [2.75, 3.05) is 17.7 Å². The summed E-state index contributed by atoms with van der Waals surface area (Å²) < 4.78 is 5.10. The molecule has 0 aliphatic carbocycles. The Morgan fingerprint density at radius 1 is 1.04 bits per heavy atom. The fraction of sp³-hybridized carbons (Fsp3) is 0.118. The van der Waals surface area contributed by atoms with E-state index in [1.54, 1.807) is 43.6 Å². The summed E-state index contributed by atoms with van der Waals surface area (Å²) >= 11 is 0. The Bertz CT molecular complexity index is 930. The highest BCUT2D eigenvalue weighted by Gasteiger charge is 2.23. The monoisotopic (exact) mass is 352 g/mol. The molecule has 9 heteroatoms. The molecule has 3 aromatic rings. The minimum atomic E-state index is -0.538. The van der Waals surface area contributed by atoms with Crippen molar-refractivity contribution >= 4 is 28.8 Å². The number of pyridine rings is 1. The van der Waals surface area contributed by atoms with Crippen LogP contribution in [0.3, 0.4) is 0 Å². The number of nitrogens with zero attached hydrogens (tertiary/aromatic N) is 4. The number of aromatic nitrogens is 3. The number of methoxy groups -OCH3 is 1. The predicted octanol–water partition coefficient (Wildman–Crippen LogP) is 3.58. The average molecular weight is 352 g/mol. The van der Waals surface area contributed by atoms with Crippen molar-refractivity contribution in [2.24, 2.45) is 0 Å². The largest absolute Gasteiger partial charge is 0.497 e. The van der Waals surface area contributed by atoms with E-state index in [-0.39, 0.29) is 17.3 Å². The zero-order chi connectivity index (χ0) is 18.5. The van der Waals surface area contributed by atoms with Crippen molar-refractivity contribution in [1.82, 2.24) is 15.0 Å². The molecule has 3 rings (SSSR count). The van der Waals surface area contributed by atoms with E-state index < -0.39 is 4.92 Å². The molecule has 132 valence electrons. The van der Waals surface area contributed by atoms with Gasteiger partial charge in [0.1, 0.15) is 17.9 Å². The van der Waals surface area contributed by atoms with Gasteiger partial charge in [-0.2, -0.15) is 0 Å². The maximum Gasteiger partial charge on any atom is 0.353 e. The summed E-state index contributed by atoms with van der Waals surface area (Å²) in [4.78, 5) is 23.2. The van der Waals surface area contributed by atoms with Gasteiger partial charge in [0.05, 0.1) is 12.0 Å². The molecule has 2 heterocycles. The first kappa shape index (κ1) is 17.1. The lowest BCUT2D eigenvalue weighted by Crippen LogP contribution is -2.06. The molecular weight excluding hydrogens is 336 g/mol. The van der Waals surface area contributed by atoms with Gasteiger partial charge in [-0.05, 0) is 48.9 Å². The number of aryl methyl sites for hydroxylation is 1. The molecule has 0 saturated carbocycles. The van der Waals surface area contributed by atoms with Crippen molar-refractivity contribution in [1.29, 1.82) is 0 Å². The number of ether oxygens (including phenoxy) is 1. The molecule has 1 aromatic carbocycles. The Hall–Kier alpha value is -3.75. The highest BCUT2D eigenvalue weighted by Crippen LogP contribution is 2.32. The summed E-state index contributed by atoms with van der Waals surface area (Å²) in [5.41, 5.74) is 1.33. The average Bonchev–Trinajstić information content (AvgIpc) is 2.62. The Morgan fingerprint density at radius 2 is 1.73 bits per heavy atom. The summed E-state index contributed by atoms with van der Waals surface area (Å²) in [6.07, 6.45) is 2.86. The van der Waals surface area contributed by atoms with Crippen LogP contribution in [0, 0.1) is 17.0 Å². The molecule has 0 unspecified atom stereocenters. The molecule has 0 spiro atoms. The zero-order valence-electron chi connectivity index (χ0n) is 14.1. The summed E-state index contributed by atoms with van der Waals surface area (Å²) in [6.45, 7) is 1.90. The predicted molar refractivity (Wildman–Crippen MR) is 97.2 cm³/mol. The molecule has 9 nitrogen and oxygen atoms in total. The van der Waals surface area contributed by atoms with Crippen molar-refractivity contribution in [3.63, 3.8) is 0 Å².